The van der Waals surface area contributed by atoms with E-state index >= 15 is 0 Å². The van der Waals surface area contributed by atoms with Crippen LogP contribution in [0.15, 0.2) is 47.4 Å². The first-order chi connectivity index (χ1) is 11.1. The lowest BCUT2D eigenvalue weighted by Gasteiger charge is -2.10. The zero-order chi connectivity index (χ0) is 16.3. The molecule has 118 valence electrons. The molecule has 23 heavy (non-hydrogen) atoms. The van der Waals surface area contributed by atoms with Crippen LogP contribution in [0.2, 0.25) is 0 Å². The number of ether oxygens (including phenoxy) is 2. The molecule has 6 nitrogen and oxygen atoms in total. The Balaban J connectivity index is 1.90. The molecule has 1 heterocycles. The summed E-state index contributed by atoms with van der Waals surface area (Å²) in [5.74, 6) is 0.960. The maximum Gasteiger partial charge on any atom is 0.339 e. The first-order valence-corrected chi connectivity index (χ1v) is 8.34. The maximum absolute atomic E-state index is 12.4. The number of rotatable bonds is 3. The fourth-order valence-corrected chi connectivity index (χ4v) is 3.03. The Bertz CT molecular complexity index is 870. The first-order valence-electron chi connectivity index (χ1n) is 6.93. The molecule has 2 aromatic rings. The molecule has 7 heteroatoms. The van der Waals surface area contributed by atoms with Crippen molar-refractivity contribution in [1.29, 1.82) is 5.26 Å². The fraction of sp³-hybridized carbons (Fsp3) is 0.188. The third kappa shape index (κ3) is 3.38. The molecule has 0 saturated heterocycles. The highest BCUT2D eigenvalue weighted by Crippen LogP contribution is 2.32. The van der Waals surface area contributed by atoms with Gasteiger partial charge in [0.05, 0.1) is 24.8 Å². The van der Waals surface area contributed by atoms with Gasteiger partial charge < -0.3 is 13.7 Å². The van der Waals surface area contributed by atoms with E-state index in [9.17, 15) is 8.42 Å². The Morgan fingerprint density at radius 3 is 2.61 bits per heavy atom. The summed E-state index contributed by atoms with van der Waals surface area (Å²) in [5, 5.41) is 8.85. The molecular formula is C16H13NO5S. The largest absolute Gasteiger partial charge is 0.490 e. The van der Waals surface area contributed by atoms with Gasteiger partial charge in [0, 0.05) is 12.5 Å². The Morgan fingerprint density at radius 2 is 1.83 bits per heavy atom. The van der Waals surface area contributed by atoms with Crippen molar-refractivity contribution in [2.24, 2.45) is 0 Å². The zero-order valence-corrected chi connectivity index (χ0v) is 12.9. The maximum atomic E-state index is 12.4. The van der Waals surface area contributed by atoms with E-state index in [-0.39, 0.29) is 10.6 Å². The number of fused-ring (bicyclic) bond motifs is 1. The van der Waals surface area contributed by atoms with Crippen LogP contribution in [0.4, 0.5) is 0 Å². The Morgan fingerprint density at radius 1 is 1.04 bits per heavy atom. The molecule has 0 aromatic heterocycles. The van der Waals surface area contributed by atoms with Crippen molar-refractivity contribution in [3.05, 3.63) is 48.0 Å². The van der Waals surface area contributed by atoms with Crippen LogP contribution in [0.1, 0.15) is 12.0 Å². The standard InChI is InChI=1S/C16H13NO5S/c17-11-12-3-1-4-13(9-12)22-23(18,19)14-5-6-15-16(10-14)21-8-2-7-20-15/h1,3-6,9-10H,2,7-8H2. The monoisotopic (exact) mass is 331 g/mol. The van der Waals surface area contributed by atoms with Gasteiger partial charge >= 0.3 is 10.1 Å². The Kier molecular flexibility index (Phi) is 4.08. The molecule has 0 amide bonds. The molecule has 1 aliphatic rings. The van der Waals surface area contributed by atoms with Crippen molar-refractivity contribution < 1.29 is 22.1 Å². The second-order valence-corrected chi connectivity index (χ2v) is 6.38. The highest BCUT2D eigenvalue weighted by Gasteiger charge is 2.20. The molecule has 0 saturated carbocycles. The zero-order valence-electron chi connectivity index (χ0n) is 12.1. The molecule has 0 spiro atoms. The summed E-state index contributed by atoms with van der Waals surface area (Å²) in [6.07, 6.45) is 0.730. The molecule has 0 bridgehead atoms. The third-order valence-corrected chi connectivity index (χ3v) is 4.42. The van der Waals surface area contributed by atoms with Gasteiger partial charge in [-0.05, 0) is 30.3 Å². The number of hydrogen-bond donors (Lipinski definition) is 0. The normalized spacial score (nSPS) is 13.7. The SMILES string of the molecule is N#Cc1cccc(OS(=O)(=O)c2ccc3c(c2)OCCCO3)c1. The highest BCUT2D eigenvalue weighted by molar-refractivity contribution is 7.87. The van der Waals surface area contributed by atoms with Gasteiger partial charge in [0.2, 0.25) is 0 Å². The van der Waals surface area contributed by atoms with Crippen LogP contribution in [0, 0.1) is 11.3 Å². The summed E-state index contributed by atoms with van der Waals surface area (Å²) >= 11 is 0. The van der Waals surface area contributed by atoms with Crippen LogP contribution in [-0.4, -0.2) is 21.6 Å². The number of nitrogens with zero attached hydrogens (tertiary/aromatic N) is 1. The predicted molar refractivity (Wildman–Crippen MR) is 81.0 cm³/mol. The average molecular weight is 331 g/mol. The van der Waals surface area contributed by atoms with Crippen molar-refractivity contribution in [3.8, 4) is 23.3 Å². The van der Waals surface area contributed by atoms with E-state index in [1.807, 2.05) is 6.07 Å². The predicted octanol–water partition coefficient (Wildman–Crippen LogP) is 2.49. The quantitative estimate of drug-likeness (QED) is 0.803. The lowest BCUT2D eigenvalue weighted by molar-refractivity contribution is 0.296. The van der Waals surface area contributed by atoms with Crippen molar-refractivity contribution in [3.63, 3.8) is 0 Å². The summed E-state index contributed by atoms with van der Waals surface area (Å²) in [5.41, 5.74) is 0.316. The van der Waals surface area contributed by atoms with Gasteiger partial charge in [0.25, 0.3) is 0 Å². The van der Waals surface area contributed by atoms with Crippen molar-refractivity contribution in [1.82, 2.24) is 0 Å². The van der Waals surface area contributed by atoms with E-state index in [1.54, 1.807) is 18.2 Å². The van der Waals surface area contributed by atoms with E-state index in [0.717, 1.165) is 6.42 Å². The van der Waals surface area contributed by atoms with Crippen molar-refractivity contribution >= 4 is 10.1 Å². The number of nitriles is 1. The second kappa shape index (κ2) is 6.18. The lowest BCUT2D eigenvalue weighted by atomic mass is 10.2. The lowest BCUT2D eigenvalue weighted by Crippen LogP contribution is -2.10. The van der Waals surface area contributed by atoms with E-state index < -0.39 is 10.1 Å². The summed E-state index contributed by atoms with van der Waals surface area (Å²) in [7, 11) is -4.03. The van der Waals surface area contributed by atoms with Gasteiger partial charge in [0.15, 0.2) is 11.5 Å². The van der Waals surface area contributed by atoms with Crippen LogP contribution in [0.25, 0.3) is 0 Å². The number of hydrogen-bond acceptors (Lipinski definition) is 6. The van der Waals surface area contributed by atoms with Gasteiger partial charge in [-0.3, -0.25) is 0 Å². The van der Waals surface area contributed by atoms with Gasteiger partial charge in [-0.15, -0.1) is 0 Å². The molecule has 0 fully saturated rings. The van der Waals surface area contributed by atoms with E-state index in [1.165, 1.54) is 24.3 Å². The molecule has 0 radical (unpaired) electrons. The van der Waals surface area contributed by atoms with E-state index in [0.29, 0.717) is 30.3 Å². The minimum absolute atomic E-state index is 0.0379. The topological polar surface area (TPSA) is 85.6 Å². The summed E-state index contributed by atoms with van der Waals surface area (Å²) in [6.45, 7) is 0.984. The molecular weight excluding hydrogens is 318 g/mol. The van der Waals surface area contributed by atoms with Crippen LogP contribution in [0.3, 0.4) is 0 Å². The van der Waals surface area contributed by atoms with Gasteiger partial charge in [-0.1, -0.05) is 6.07 Å². The average Bonchev–Trinajstić information content (AvgIpc) is 2.79. The minimum Gasteiger partial charge on any atom is -0.490 e. The summed E-state index contributed by atoms with van der Waals surface area (Å²) in [4.78, 5) is -0.0379. The summed E-state index contributed by atoms with van der Waals surface area (Å²) < 4.78 is 40.8. The minimum atomic E-state index is -4.03. The Labute approximate surface area is 134 Å². The van der Waals surface area contributed by atoms with E-state index in [2.05, 4.69) is 0 Å². The molecule has 0 aliphatic carbocycles. The molecule has 0 atom stereocenters. The second-order valence-electron chi connectivity index (χ2n) is 4.84. The first kappa shape index (κ1) is 15.2. The van der Waals surface area contributed by atoms with Crippen LogP contribution >= 0.6 is 0 Å². The Hall–Kier alpha value is -2.72. The van der Waals surface area contributed by atoms with Gasteiger partial charge in [-0.25, -0.2) is 0 Å². The van der Waals surface area contributed by atoms with Crippen LogP contribution in [-0.2, 0) is 10.1 Å². The van der Waals surface area contributed by atoms with Crippen LogP contribution < -0.4 is 13.7 Å². The van der Waals surface area contributed by atoms with Crippen molar-refractivity contribution in [2.45, 2.75) is 11.3 Å². The smallest absolute Gasteiger partial charge is 0.339 e. The summed E-state index contributed by atoms with van der Waals surface area (Å²) in [6, 6.07) is 12.2. The number of benzene rings is 2. The molecule has 0 unspecified atom stereocenters. The molecule has 2 aromatic carbocycles. The fourth-order valence-electron chi connectivity index (χ4n) is 2.09. The van der Waals surface area contributed by atoms with Crippen molar-refractivity contribution in [2.75, 3.05) is 13.2 Å². The third-order valence-electron chi connectivity index (χ3n) is 3.18. The molecule has 3 rings (SSSR count). The highest BCUT2D eigenvalue weighted by atomic mass is 32.2. The molecule has 0 N–H and O–H groups in total. The van der Waals surface area contributed by atoms with Crippen LogP contribution in [0.5, 0.6) is 17.2 Å². The molecule has 1 aliphatic heterocycles. The van der Waals surface area contributed by atoms with Gasteiger partial charge in [-0.2, -0.15) is 13.7 Å². The van der Waals surface area contributed by atoms with Gasteiger partial charge in [0.1, 0.15) is 10.6 Å². The van der Waals surface area contributed by atoms with E-state index in [4.69, 9.17) is 18.9 Å².